The van der Waals surface area contributed by atoms with E-state index >= 15 is 0 Å². The molecule has 0 saturated carbocycles. The van der Waals surface area contributed by atoms with Crippen molar-refractivity contribution < 1.29 is 4.79 Å². The van der Waals surface area contributed by atoms with Gasteiger partial charge in [-0.05, 0) is 25.5 Å². The van der Waals surface area contributed by atoms with Crippen molar-refractivity contribution in [2.75, 3.05) is 16.8 Å². The van der Waals surface area contributed by atoms with Gasteiger partial charge in [0, 0.05) is 5.69 Å². The van der Waals surface area contributed by atoms with E-state index in [4.69, 9.17) is 11.0 Å². The highest BCUT2D eigenvalue weighted by atomic mass is 32.2. The third-order valence-electron chi connectivity index (χ3n) is 2.90. The van der Waals surface area contributed by atoms with Crippen LogP contribution in [-0.2, 0) is 4.79 Å². The number of nitrogens with zero attached hydrogens (tertiary/aromatic N) is 3. The molecule has 0 aliphatic carbocycles. The number of thioether (sulfide) groups is 1. The Hall–Kier alpha value is -2.59. The van der Waals surface area contributed by atoms with Gasteiger partial charge in [-0.15, -0.1) is 0 Å². The van der Waals surface area contributed by atoms with Gasteiger partial charge in [-0.25, -0.2) is 9.97 Å². The normalized spacial score (nSPS) is 10.0. The zero-order valence-corrected chi connectivity index (χ0v) is 13.1. The van der Waals surface area contributed by atoms with E-state index in [1.54, 1.807) is 0 Å². The number of amides is 1. The van der Waals surface area contributed by atoms with E-state index in [2.05, 4.69) is 15.3 Å². The number of benzene rings is 1. The van der Waals surface area contributed by atoms with Crippen LogP contribution in [0.4, 0.5) is 11.5 Å². The van der Waals surface area contributed by atoms with Gasteiger partial charge in [0.25, 0.3) is 0 Å². The van der Waals surface area contributed by atoms with E-state index in [1.807, 2.05) is 38.1 Å². The Kier molecular flexibility index (Phi) is 4.96. The number of nitrogens with one attached hydrogen (secondary N) is 1. The van der Waals surface area contributed by atoms with E-state index in [-0.39, 0.29) is 23.0 Å². The number of carbonyl (C=O) groups excluding carboxylic acids is 1. The van der Waals surface area contributed by atoms with Gasteiger partial charge >= 0.3 is 0 Å². The van der Waals surface area contributed by atoms with Crippen LogP contribution in [0.1, 0.15) is 16.7 Å². The molecule has 2 rings (SSSR count). The van der Waals surface area contributed by atoms with Gasteiger partial charge in [-0.3, -0.25) is 4.79 Å². The number of hydrogen-bond acceptors (Lipinski definition) is 6. The summed E-state index contributed by atoms with van der Waals surface area (Å²) in [5, 5.41) is 12.0. The molecule has 0 aliphatic rings. The molecular formula is C15H15N5OS. The average molecular weight is 313 g/mol. The molecule has 7 heteroatoms. The second-order valence-corrected chi connectivity index (χ2v) is 5.66. The number of carbonyl (C=O) groups is 1. The first-order valence-electron chi connectivity index (χ1n) is 6.52. The minimum absolute atomic E-state index is 0.120. The molecule has 22 heavy (non-hydrogen) atoms. The number of nitriles is 1. The molecule has 1 aromatic heterocycles. The van der Waals surface area contributed by atoms with Crippen molar-refractivity contribution in [1.82, 2.24) is 9.97 Å². The Morgan fingerprint density at radius 3 is 2.86 bits per heavy atom. The fraction of sp³-hybridized carbons (Fsp3) is 0.200. The summed E-state index contributed by atoms with van der Waals surface area (Å²) in [4.78, 5) is 19.9. The minimum Gasteiger partial charge on any atom is -0.382 e. The largest absolute Gasteiger partial charge is 0.382 e. The molecule has 112 valence electrons. The Balaban J connectivity index is 1.95. The summed E-state index contributed by atoms with van der Waals surface area (Å²) in [6.45, 7) is 3.95. The number of rotatable bonds is 4. The van der Waals surface area contributed by atoms with Gasteiger partial charge in [0.2, 0.25) is 5.91 Å². The zero-order chi connectivity index (χ0) is 16.1. The van der Waals surface area contributed by atoms with Crippen LogP contribution in [0.15, 0.2) is 29.6 Å². The summed E-state index contributed by atoms with van der Waals surface area (Å²) >= 11 is 1.17. The molecule has 0 aliphatic heterocycles. The van der Waals surface area contributed by atoms with Crippen molar-refractivity contribution in [2.45, 2.75) is 19.0 Å². The zero-order valence-electron chi connectivity index (χ0n) is 12.3. The Morgan fingerprint density at radius 2 is 2.23 bits per heavy atom. The summed E-state index contributed by atoms with van der Waals surface area (Å²) in [6.07, 6.45) is 1.35. The van der Waals surface area contributed by atoms with Crippen LogP contribution in [0.5, 0.6) is 0 Å². The molecule has 1 amide bonds. The lowest BCUT2D eigenvalue weighted by Crippen LogP contribution is -2.15. The van der Waals surface area contributed by atoms with Crippen LogP contribution < -0.4 is 11.1 Å². The molecule has 3 N–H and O–H groups in total. The molecule has 0 unspecified atom stereocenters. The lowest BCUT2D eigenvalue weighted by molar-refractivity contribution is -0.113. The number of anilines is 2. The van der Waals surface area contributed by atoms with Gasteiger partial charge in [0.15, 0.2) is 5.16 Å². The van der Waals surface area contributed by atoms with Gasteiger partial charge in [0.05, 0.1) is 11.9 Å². The minimum atomic E-state index is -0.150. The number of nitrogen functional groups attached to an aromatic ring is 1. The van der Waals surface area contributed by atoms with Crippen LogP contribution in [-0.4, -0.2) is 21.6 Å². The van der Waals surface area contributed by atoms with E-state index in [9.17, 15) is 4.79 Å². The summed E-state index contributed by atoms with van der Waals surface area (Å²) in [5.74, 6) is 0.136. The summed E-state index contributed by atoms with van der Waals surface area (Å²) in [5.41, 5.74) is 8.78. The average Bonchev–Trinajstić information content (AvgIpc) is 2.48. The lowest BCUT2D eigenvalue weighted by Gasteiger charge is -2.08. The number of aromatic nitrogens is 2. The Labute approximate surface area is 132 Å². The summed E-state index contributed by atoms with van der Waals surface area (Å²) in [7, 11) is 0. The molecule has 1 aromatic carbocycles. The molecule has 2 aromatic rings. The van der Waals surface area contributed by atoms with E-state index in [0.717, 1.165) is 16.8 Å². The molecule has 1 heterocycles. The first-order chi connectivity index (χ1) is 10.5. The van der Waals surface area contributed by atoms with Crippen LogP contribution in [0, 0.1) is 25.2 Å². The molecule has 0 bridgehead atoms. The van der Waals surface area contributed by atoms with Gasteiger partial charge in [-0.1, -0.05) is 29.5 Å². The van der Waals surface area contributed by atoms with Crippen molar-refractivity contribution in [2.24, 2.45) is 0 Å². The monoisotopic (exact) mass is 313 g/mol. The maximum atomic E-state index is 12.0. The third-order valence-corrected chi connectivity index (χ3v) is 3.77. The lowest BCUT2D eigenvalue weighted by atomic mass is 10.1. The van der Waals surface area contributed by atoms with Crippen LogP contribution in [0.3, 0.4) is 0 Å². The van der Waals surface area contributed by atoms with Crippen molar-refractivity contribution in [3.63, 3.8) is 0 Å². The van der Waals surface area contributed by atoms with Crippen molar-refractivity contribution in [3.8, 4) is 6.07 Å². The predicted octanol–water partition coefficient (Wildman–Crippen LogP) is 2.28. The van der Waals surface area contributed by atoms with E-state index in [0.29, 0.717) is 5.16 Å². The second kappa shape index (κ2) is 6.91. The Bertz CT molecular complexity index is 754. The topological polar surface area (TPSA) is 105 Å². The number of nitrogens with two attached hydrogens (primary N) is 1. The van der Waals surface area contributed by atoms with Crippen LogP contribution in [0.25, 0.3) is 0 Å². The number of hydrogen-bond donors (Lipinski definition) is 2. The smallest absolute Gasteiger partial charge is 0.234 e. The fourth-order valence-electron chi connectivity index (χ4n) is 1.80. The van der Waals surface area contributed by atoms with Crippen LogP contribution >= 0.6 is 11.8 Å². The molecule has 0 radical (unpaired) electrons. The highest BCUT2D eigenvalue weighted by Gasteiger charge is 2.09. The maximum Gasteiger partial charge on any atom is 0.234 e. The molecule has 6 nitrogen and oxygen atoms in total. The van der Waals surface area contributed by atoms with Crippen molar-refractivity contribution in [3.05, 3.63) is 41.1 Å². The Morgan fingerprint density at radius 1 is 1.45 bits per heavy atom. The summed E-state index contributed by atoms with van der Waals surface area (Å²) < 4.78 is 0. The van der Waals surface area contributed by atoms with E-state index in [1.165, 1.54) is 18.0 Å². The van der Waals surface area contributed by atoms with Crippen LogP contribution in [0.2, 0.25) is 0 Å². The van der Waals surface area contributed by atoms with Gasteiger partial charge < -0.3 is 11.1 Å². The highest BCUT2D eigenvalue weighted by molar-refractivity contribution is 7.99. The molecule has 0 saturated heterocycles. The van der Waals surface area contributed by atoms with Gasteiger partial charge in [0.1, 0.15) is 17.5 Å². The fourth-order valence-corrected chi connectivity index (χ4v) is 2.43. The molecule has 0 fully saturated rings. The van der Waals surface area contributed by atoms with E-state index < -0.39 is 0 Å². The number of aryl methyl sites for hydroxylation is 2. The first kappa shape index (κ1) is 15.8. The predicted molar refractivity (Wildman–Crippen MR) is 86.4 cm³/mol. The van der Waals surface area contributed by atoms with Crippen molar-refractivity contribution >= 4 is 29.2 Å². The highest BCUT2D eigenvalue weighted by Crippen LogP contribution is 2.18. The quantitative estimate of drug-likeness (QED) is 0.662. The van der Waals surface area contributed by atoms with Crippen molar-refractivity contribution in [1.29, 1.82) is 5.26 Å². The molecular weight excluding hydrogens is 298 g/mol. The second-order valence-electron chi connectivity index (χ2n) is 4.72. The first-order valence-corrected chi connectivity index (χ1v) is 7.50. The maximum absolute atomic E-state index is 12.0. The standard InChI is InChI=1S/C15H15N5OS/c1-9-3-4-12(10(2)5-9)19-13(21)8-22-15-18-7-11(6-16)14(17)20-15/h3-5,7H,8H2,1-2H3,(H,19,21)(H2,17,18,20). The summed E-state index contributed by atoms with van der Waals surface area (Å²) in [6, 6.07) is 7.72. The SMILES string of the molecule is Cc1ccc(NC(=O)CSc2ncc(C#N)c(N)n2)c(C)c1. The third kappa shape index (κ3) is 3.96. The molecule has 0 spiro atoms. The molecule has 0 atom stereocenters. The van der Waals surface area contributed by atoms with Gasteiger partial charge in [-0.2, -0.15) is 5.26 Å².